The molecule has 0 aliphatic carbocycles. The van der Waals surface area contributed by atoms with E-state index in [1.807, 2.05) is 12.1 Å². The van der Waals surface area contributed by atoms with Crippen LogP contribution in [0.4, 0.5) is 5.69 Å². The molecule has 0 saturated heterocycles. The van der Waals surface area contributed by atoms with Crippen LogP contribution in [0.25, 0.3) is 5.65 Å². The summed E-state index contributed by atoms with van der Waals surface area (Å²) in [5.41, 5.74) is 3.04. The molecule has 0 unspecified atom stereocenters. The van der Waals surface area contributed by atoms with Crippen LogP contribution in [0.5, 0.6) is 11.5 Å². The number of pyridine rings is 1. The van der Waals surface area contributed by atoms with E-state index in [2.05, 4.69) is 20.4 Å². The molecule has 0 radical (unpaired) electrons. The first-order valence-electron chi connectivity index (χ1n) is 8.97. The second-order valence-corrected chi connectivity index (χ2v) is 6.32. The Morgan fingerprint density at radius 2 is 2.07 bits per heavy atom. The van der Waals surface area contributed by atoms with Crippen LogP contribution in [0.2, 0.25) is 0 Å². The Labute approximate surface area is 167 Å². The van der Waals surface area contributed by atoms with E-state index in [4.69, 9.17) is 9.47 Å². The molecule has 8 nitrogen and oxygen atoms in total. The van der Waals surface area contributed by atoms with Gasteiger partial charge >= 0.3 is 0 Å². The first kappa shape index (κ1) is 18.4. The number of hydrogen-bond donors (Lipinski definition) is 1. The number of methoxy groups -OCH3 is 1. The molecule has 3 aromatic heterocycles. The topological polar surface area (TPSA) is 90.6 Å². The van der Waals surface area contributed by atoms with Crippen molar-refractivity contribution >= 4 is 17.2 Å². The maximum atomic E-state index is 12.9. The third kappa shape index (κ3) is 3.86. The van der Waals surface area contributed by atoms with Crippen LogP contribution >= 0.6 is 0 Å². The number of anilines is 1. The van der Waals surface area contributed by atoms with Crippen LogP contribution in [-0.2, 0) is 6.61 Å². The lowest BCUT2D eigenvalue weighted by molar-refractivity contribution is 0.102. The Balaban J connectivity index is 1.57. The number of benzene rings is 1. The summed E-state index contributed by atoms with van der Waals surface area (Å²) >= 11 is 0. The highest BCUT2D eigenvalue weighted by atomic mass is 16.5. The number of amides is 1. The van der Waals surface area contributed by atoms with Crippen molar-refractivity contribution in [2.75, 3.05) is 12.4 Å². The third-order valence-electron chi connectivity index (χ3n) is 4.34. The number of aromatic nitrogens is 4. The van der Waals surface area contributed by atoms with E-state index in [9.17, 15) is 4.79 Å². The summed E-state index contributed by atoms with van der Waals surface area (Å²) in [5.74, 6) is 0.796. The number of hydrogen-bond acceptors (Lipinski definition) is 6. The van der Waals surface area contributed by atoms with Crippen LogP contribution in [0.3, 0.4) is 0 Å². The van der Waals surface area contributed by atoms with Gasteiger partial charge in [0.15, 0.2) is 17.1 Å². The average molecular weight is 389 g/mol. The predicted molar refractivity (Wildman–Crippen MR) is 107 cm³/mol. The van der Waals surface area contributed by atoms with Gasteiger partial charge in [0.1, 0.15) is 12.2 Å². The lowest BCUT2D eigenvalue weighted by Crippen LogP contribution is -2.13. The Bertz CT molecular complexity index is 1160. The molecule has 0 spiro atoms. The highest BCUT2D eigenvalue weighted by Gasteiger charge is 2.19. The van der Waals surface area contributed by atoms with Crippen LogP contribution in [-0.4, -0.2) is 32.6 Å². The fraction of sp³-hybridized carbons (Fsp3) is 0.143. The zero-order valence-corrected chi connectivity index (χ0v) is 16.0. The fourth-order valence-electron chi connectivity index (χ4n) is 2.97. The molecular weight excluding hydrogens is 370 g/mol. The first-order chi connectivity index (χ1) is 14.2. The van der Waals surface area contributed by atoms with Gasteiger partial charge in [-0.1, -0.05) is 6.07 Å². The second kappa shape index (κ2) is 7.97. The quantitative estimate of drug-likeness (QED) is 0.544. The number of nitrogens with zero attached hydrogens (tertiary/aromatic N) is 4. The normalized spacial score (nSPS) is 10.7. The summed E-state index contributed by atoms with van der Waals surface area (Å²) < 4.78 is 12.8. The highest BCUT2D eigenvalue weighted by Crippen LogP contribution is 2.31. The molecule has 3 heterocycles. The Morgan fingerprint density at radius 1 is 1.17 bits per heavy atom. The molecule has 1 aromatic carbocycles. The van der Waals surface area contributed by atoms with Crippen molar-refractivity contribution in [3.05, 3.63) is 78.0 Å². The van der Waals surface area contributed by atoms with Crippen molar-refractivity contribution in [1.29, 1.82) is 0 Å². The van der Waals surface area contributed by atoms with E-state index < -0.39 is 0 Å². The summed E-state index contributed by atoms with van der Waals surface area (Å²) in [6.45, 7) is 2.11. The minimum absolute atomic E-state index is 0.292. The van der Waals surface area contributed by atoms with E-state index in [1.165, 1.54) is 0 Å². The summed E-state index contributed by atoms with van der Waals surface area (Å²) in [6.07, 6.45) is 6.82. The second-order valence-electron chi connectivity index (χ2n) is 6.32. The van der Waals surface area contributed by atoms with Gasteiger partial charge in [-0.3, -0.25) is 9.78 Å². The summed E-state index contributed by atoms with van der Waals surface area (Å²) in [7, 11) is 1.57. The number of ether oxygens (including phenoxy) is 2. The lowest BCUT2D eigenvalue weighted by Gasteiger charge is -2.13. The predicted octanol–water partition coefficient (Wildman–Crippen LogP) is 3.27. The lowest BCUT2D eigenvalue weighted by atomic mass is 10.2. The molecule has 0 aliphatic heterocycles. The zero-order valence-electron chi connectivity index (χ0n) is 16.0. The standard InChI is InChI=1S/C21H19N5O3/c1-14-19(20-23-9-4-10-26(20)25-14)21(27)24-16-6-7-17(28-2)18(11-16)29-13-15-5-3-8-22-12-15/h3-12H,13H2,1-2H3,(H,24,27). The molecule has 1 amide bonds. The SMILES string of the molecule is COc1ccc(NC(=O)c2c(C)nn3cccnc23)cc1OCc1cccnc1. The third-order valence-corrected chi connectivity index (χ3v) is 4.34. The molecule has 4 rings (SSSR count). The molecule has 0 atom stereocenters. The van der Waals surface area contributed by atoms with Gasteiger partial charge in [-0.05, 0) is 31.2 Å². The smallest absolute Gasteiger partial charge is 0.261 e. The van der Waals surface area contributed by atoms with Gasteiger partial charge in [-0.2, -0.15) is 5.10 Å². The van der Waals surface area contributed by atoms with Gasteiger partial charge in [0.05, 0.1) is 12.8 Å². The number of carbonyl (C=O) groups excluding carboxylic acids is 1. The summed E-state index contributed by atoms with van der Waals surface area (Å²) in [4.78, 5) is 21.2. The van der Waals surface area contributed by atoms with Crippen LogP contribution in [0.15, 0.2) is 61.2 Å². The van der Waals surface area contributed by atoms with E-state index in [0.717, 1.165) is 5.56 Å². The zero-order chi connectivity index (χ0) is 20.2. The average Bonchev–Trinajstić information content (AvgIpc) is 3.09. The van der Waals surface area contributed by atoms with Gasteiger partial charge in [-0.25, -0.2) is 9.50 Å². The molecule has 146 valence electrons. The molecular formula is C21H19N5O3. The molecule has 0 fully saturated rings. The molecule has 29 heavy (non-hydrogen) atoms. The van der Waals surface area contributed by atoms with Crippen molar-refractivity contribution in [2.24, 2.45) is 0 Å². The van der Waals surface area contributed by atoms with Crippen LogP contribution in [0.1, 0.15) is 21.6 Å². The molecule has 0 aliphatic rings. The number of rotatable bonds is 6. The Hall–Kier alpha value is -3.94. The number of aryl methyl sites for hydroxylation is 1. The minimum atomic E-state index is -0.292. The van der Waals surface area contributed by atoms with Crippen molar-refractivity contribution < 1.29 is 14.3 Å². The van der Waals surface area contributed by atoms with E-state index >= 15 is 0 Å². The van der Waals surface area contributed by atoms with Crippen LogP contribution < -0.4 is 14.8 Å². The monoisotopic (exact) mass is 389 g/mol. The highest BCUT2D eigenvalue weighted by molar-refractivity contribution is 6.09. The molecule has 1 N–H and O–H groups in total. The molecule has 4 aromatic rings. The largest absolute Gasteiger partial charge is 0.493 e. The van der Waals surface area contributed by atoms with Gasteiger partial charge in [0.25, 0.3) is 5.91 Å². The van der Waals surface area contributed by atoms with Crippen molar-refractivity contribution in [3.8, 4) is 11.5 Å². The fourth-order valence-corrected chi connectivity index (χ4v) is 2.97. The number of carbonyl (C=O) groups is 1. The molecule has 0 bridgehead atoms. The number of fused-ring (bicyclic) bond motifs is 1. The van der Waals surface area contributed by atoms with Gasteiger partial charge in [0.2, 0.25) is 0 Å². The number of nitrogens with one attached hydrogen (secondary N) is 1. The maximum absolute atomic E-state index is 12.9. The maximum Gasteiger partial charge on any atom is 0.261 e. The Morgan fingerprint density at radius 3 is 2.86 bits per heavy atom. The van der Waals surface area contributed by atoms with Gasteiger partial charge in [0, 0.05) is 42.1 Å². The molecule has 0 saturated carbocycles. The minimum Gasteiger partial charge on any atom is -0.493 e. The van der Waals surface area contributed by atoms with E-state index in [-0.39, 0.29) is 5.91 Å². The molecule has 8 heteroatoms. The van der Waals surface area contributed by atoms with Crippen molar-refractivity contribution in [3.63, 3.8) is 0 Å². The van der Waals surface area contributed by atoms with Crippen molar-refractivity contribution in [1.82, 2.24) is 19.6 Å². The van der Waals surface area contributed by atoms with E-state index in [1.54, 1.807) is 67.6 Å². The van der Waals surface area contributed by atoms with Crippen molar-refractivity contribution in [2.45, 2.75) is 13.5 Å². The summed E-state index contributed by atoms with van der Waals surface area (Å²) in [5, 5.41) is 7.21. The van der Waals surface area contributed by atoms with E-state index in [0.29, 0.717) is 40.7 Å². The first-order valence-corrected chi connectivity index (χ1v) is 8.97. The van der Waals surface area contributed by atoms with Gasteiger partial charge in [-0.15, -0.1) is 0 Å². The van der Waals surface area contributed by atoms with Crippen LogP contribution in [0, 0.1) is 6.92 Å². The Kier molecular flexibility index (Phi) is 5.07. The summed E-state index contributed by atoms with van der Waals surface area (Å²) in [6, 6.07) is 10.8. The van der Waals surface area contributed by atoms with Gasteiger partial charge < -0.3 is 14.8 Å².